The Morgan fingerprint density at radius 3 is 2.28 bits per heavy atom. The van der Waals surface area contributed by atoms with Crippen molar-refractivity contribution in [3.63, 3.8) is 0 Å². The highest BCUT2D eigenvalue weighted by atomic mass is 19.2. The van der Waals surface area contributed by atoms with Gasteiger partial charge >= 0.3 is 0 Å². The number of hydrogen-bond donors (Lipinski definition) is 2. The van der Waals surface area contributed by atoms with Gasteiger partial charge in [0.1, 0.15) is 6.04 Å². The Kier molecular flexibility index (Phi) is 4.36. The third kappa shape index (κ3) is 3.26. The van der Waals surface area contributed by atoms with Gasteiger partial charge in [-0.1, -0.05) is 13.8 Å². The molecule has 1 aromatic carbocycles. The first kappa shape index (κ1) is 14.1. The number of halogens is 2. The van der Waals surface area contributed by atoms with E-state index in [9.17, 15) is 18.4 Å². The standard InChI is InChI=1S/C12H14F2N2O2/c1-6(2)10(11(15)17)16-12(18)7-3-4-8(13)9(14)5-7/h3-6,10H,1-2H3,(H2,15,17)(H,16,18)/t10-/m1/s1. The van der Waals surface area contributed by atoms with E-state index in [1.54, 1.807) is 13.8 Å². The summed E-state index contributed by atoms with van der Waals surface area (Å²) in [6, 6.07) is 1.89. The Morgan fingerprint density at radius 1 is 1.22 bits per heavy atom. The fourth-order valence-corrected chi connectivity index (χ4v) is 1.43. The van der Waals surface area contributed by atoms with E-state index in [0.717, 1.165) is 18.2 Å². The van der Waals surface area contributed by atoms with Gasteiger partial charge in [-0.25, -0.2) is 8.78 Å². The predicted octanol–water partition coefficient (Wildman–Crippen LogP) is 1.20. The first-order valence-corrected chi connectivity index (χ1v) is 5.38. The molecular weight excluding hydrogens is 242 g/mol. The van der Waals surface area contributed by atoms with E-state index >= 15 is 0 Å². The van der Waals surface area contributed by atoms with Gasteiger partial charge in [0.15, 0.2) is 11.6 Å². The lowest BCUT2D eigenvalue weighted by Gasteiger charge is -2.18. The molecule has 0 saturated heterocycles. The highest BCUT2D eigenvalue weighted by Gasteiger charge is 2.22. The molecule has 98 valence electrons. The maximum Gasteiger partial charge on any atom is 0.252 e. The van der Waals surface area contributed by atoms with E-state index in [1.807, 2.05) is 0 Å². The number of rotatable bonds is 4. The number of nitrogens with one attached hydrogen (secondary N) is 1. The fraction of sp³-hybridized carbons (Fsp3) is 0.333. The van der Waals surface area contributed by atoms with E-state index < -0.39 is 29.5 Å². The number of benzene rings is 1. The molecule has 0 heterocycles. The lowest BCUT2D eigenvalue weighted by atomic mass is 10.0. The van der Waals surface area contributed by atoms with Crippen LogP contribution >= 0.6 is 0 Å². The summed E-state index contributed by atoms with van der Waals surface area (Å²) >= 11 is 0. The number of carbonyl (C=O) groups excluding carboxylic acids is 2. The van der Waals surface area contributed by atoms with Gasteiger partial charge in [-0.15, -0.1) is 0 Å². The monoisotopic (exact) mass is 256 g/mol. The van der Waals surface area contributed by atoms with Crippen LogP contribution in [0.25, 0.3) is 0 Å². The predicted molar refractivity (Wildman–Crippen MR) is 61.6 cm³/mol. The molecular formula is C12H14F2N2O2. The van der Waals surface area contributed by atoms with Gasteiger partial charge in [-0.05, 0) is 24.1 Å². The van der Waals surface area contributed by atoms with Gasteiger partial charge in [0, 0.05) is 5.56 Å². The minimum absolute atomic E-state index is 0.0687. The number of primary amides is 1. The number of carbonyl (C=O) groups is 2. The van der Waals surface area contributed by atoms with Crippen molar-refractivity contribution >= 4 is 11.8 Å². The molecule has 1 atom stereocenters. The smallest absolute Gasteiger partial charge is 0.252 e. The van der Waals surface area contributed by atoms with Crippen LogP contribution in [0, 0.1) is 17.6 Å². The second-order valence-corrected chi connectivity index (χ2v) is 4.23. The van der Waals surface area contributed by atoms with Gasteiger partial charge in [0.2, 0.25) is 5.91 Å². The lowest BCUT2D eigenvalue weighted by Crippen LogP contribution is -2.47. The Balaban J connectivity index is 2.87. The molecule has 3 N–H and O–H groups in total. The molecule has 0 radical (unpaired) electrons. The van der Waals surface area contributed by atoms with E-state index in [4.69, 9.17) is 5.73 Å². The third-order valence-corrected chi connectivity index (χ3v) is 2.44. The number of nitrogens with two attached hydrogens (primary N) is 1. The molecule has 1 rings (SSSR count). The summed E-state index contributed by atoms with van der Waals surface area (Å²) in [4.78, 5) is 22.8. The molecule has 0 aromatic heterocycles. The first-order valence-electron chi connectivity index (χ1n) is 5.38. The second-order valence-electron chi connectivity index (χ2n) is 4.23. The lowest BCUT2D eigenvalue weighted by molar-refractivity contribution is -0.120. The zero-order chi connectivity index (χ0) is 13.9. The maximum absolute atomic E-state index is 12.9. The van der Waals surface area contributed by atoms with E-state index in [0.29, 0.717) is 0 Å². The highest BCUT2D eigenvalue weighted by molar-refractivity contribution is 5.97. The highest BCUT2D eigenvalue weighted by Crippen LogP contribution is 2.10. The molecule has 0 fully saturated rings. The summed E-state index contributed by atoms with van der Waals surface area (Å²) in [6.45, 7) is 3.42. The molecule has 2 amide bonds. The van der Waals surface area contributed by atoms with Crippen molar-refractivity contribution in [3.8, 4) is 0 Å². The van der Waals surface area contributed by atoms with Crippen LogP contribution in [0.4, 0.5) is 8.78 Å². The van der Waals surface area contributed by atoms with E-state index in [2.05, 4.69) is 5.32 Å². The first-order chi connectivity index (χ1) is 8.32. The van der Waals surface area contributed by atoms with E-state index in [1.165, 1.54) is 0 Å². The molecule has 4 nitrogen and oxygen atoms in total. The molecule has 0 aliphatic heterocycles. The molecule has 0 aliphatic carbocycles. The zero-order valence-electron chi connectivity index (χ0n) is 10.0. The maximum atomic E-state index is 12.9. The fourth-order valence-electron chi connectivity index (χ4n) is 1.43. The number of amides is 2. The molecule has 18 heavy (non-hydrogen) atoms. The minimum atomic E-state index is -1.12. The van der Waals surface area contributed by atoms with Crippen LogP contribution in [0.5, 0.6) is 0 Å². The molecule has 6 heteroatoms. The Labute approximate surface area is 103 Å². The van der Waals surface area contributed by atoms with Crippen molar-refractivity contribution in [2.24, 2.45) is 11.7 Å². The van der Waals surface area contributed by atoms with E-state index in [-0.39, 0.29) is 11.5 Å². The molecule has 0 unspecified atom stereocenters. The van der Waals surface area contributed by atoms with Crippen LogP contribution in [0.3, 0.4) is 0 Å². The normalized spacial score (nSPS) is 12.3. The Bertz CT molecular complexity index is 475. The van der Waals surface area contributed by atoms with Crippen molar-refractivity contribution in [1.82, 2.24) is 5.32 Å². The van der Waals surface area contributed by atoms with Crippen LogP contribution in [-0.2, 0) is 4.79 Å². The van der Waals surface area contributed by atoms with Crippen molar-refractivity contribution < 1.29 is 18.4 Å². The quantitative estimate of drug-likeness (QED) is 0.849. The summed E-state index contributed by atoms with van der Waals surface area (Å²) < 4.78 is 25.6. The van der Waals surface area contributed by atoms with Crippen molar-refractivity contribution in [3.05, 3.63) is 35.4 Å². The van der Waals surface area contributed by atoms with Crippen LogP contribution < -0.4 is 11.1 Å². The SMILES string of the molecule is CC(C)[C@@H](NC(=O)c1ccc(F)c(F)c1)C(N)=O. The summed E-state index contributed by atoms with van der Waals surface area (Å²) in [5, 5.41) is 2.38. The van der Waals surface area contributed by atoms with Crippen molar-refractivity contribution in [2.75, 3.05) is 0 Å². The van der Waals surface area contributed by atoms with Gasteiger partial charge in [-0.3, -0.25) is 9.59 Å². The van der Waals surface area contributed by atoms with Crippen molar-refractivity contribution in [2.45, 2.75) is 19.9 Å². The molecule has 0 saturated carbocycles. The minimum Gasteiger partial charge on any atom is -0.368 e. The zero-order valence-corrected chi connectivity index (χ0v) is 10.0. The summed E-state index contributed by atoms with van der Waals surface area (Å²) in [5.41, 5.74) is 5.06. The number of hydrogen-bond acceptors (Lipinski definition) is 2. The largest absolute Gasteiger partial charge is 0.368 e. The van der Waals surface area contributed by atoms with Crippen LogP contribution in [0.1, 0.15) is 24.2 Å². The van der Waals surface area contributed by atoms with Crippen LogP contribution in [0.15, 0.2) is 18.2 Å². The van der Waals surface area contributed by atoms with Crippen molar-refractivity contribution in [1.29, 1.82) is 0 Å². The average Bonchev–Trinajstić information content (AvgIpc) is 2.28. The topological polar surface area (TPSA) is 72.2 Å². The van der Waals surface area contributed by atoms with Gasteiger partial charge in [-0.2, -0.15) is 0 Å². The van der Waals surface area contributed by atoms with Crippen LogP contribution in [-0.4, -0.2) is 17.9 Å². The Morgan fingerprint density at radius 2 is 1.83 bits per heavy atom. The molecule has 0 spiro atoms. The van der Waals surface area contributed by atoms with Gasteiger partial charge in [0.05, 0.1) is 0 Å². The summed E-state index contributed by atoms with van der Waals surface area (Å²) in [7, 11) is 0. The van der Waals surface area contributed by atoms with Gasteiger partial charge < -0.3 is 11.1 Å². The molecule has 0 bridgehead atoms. The third-order valence-electron chi connectivity index (χ3n) is 2.44. The molecule has 0 aliphatic rings. The molecule has 1 aromatic rings. The summed E-state index contributed by atoms with van der Waals surface area (Å²) in [5.74, 6) is -3.71. The van der Waals surface area contributed by atoms with Crippen LogP contribution in [0.2, 0.25) is 0 Å². The summed E-state index contributed by atoms with van der Waals surface area (Å²) in [6.07, 6.45) is 0. The Hall–Kier alpha value is -1.98. The second kappa shape index (κ2) is 5.57. The average molecular weight is 256 g/mol. The van der Waals surface area contributed by atoms with Gasteiger partial charge in [0.25, 0.3) is 5.91 Å².